The third-order valence-corrected chi connectivity index (χ3v) is 15.3. The van der Waals surface area contributed by atoms with Crippen molar-refractivity contribution in [3.8, 4) is 0 Å². The predicted molar refractivity (Wildman–Crippen MR) is 329 cm³/mol. The van der Waals surface area contributed by atoms with Crippen LogP contribution in [0.5, 0.6) is 0 Å². The van der Waals surface area contributed by atoms with Crippen LogP contribution < -0.4 is 5.32 Å². The molecule has 6 heteroatoms. The Balaban J connectivity index is 3.49. The summed E-state index contributed by atoms with van der Waals surface area (Å²) in [5, 5.41) is 23.2. The van der Waals surface area contributed by atoms with Gasteiger partial charge in [0.2, 0.25) is 5.91 Å². The molecule has 0 aliphatic rings. The molecule has 0 aromatic heterocycles. The standard InChI is InChI=1S/C69H129NO5/c1-3-5-7-9-11-13-15-17-18-19-20-21-23-26-29-32-35-38-41-45-49-53-57-61-67(72)66(65-71)70-68(73)62-58-54-50-46-42-39-36-33-30-27-24-22-25-28-31-34-37-40-44-48-52-56-60-64-75-69(74)63-59-55-51-47-43-16-14-12-10-8-6-4-2/h12,14,22,25,27,30,57,61,66-67,71-72H,3-11,13,15-21,23-24,26,28-29,31-56,58-60,62-65H2,1-2H3,(H,70,73)/b14-12-,25-22-,30-27-,61-57+. The van der Waals surface area contributed by atoms with Crippen LogP contribution >= 0.6 is 0 Å². The smallest absolute Gasteiger partial charge is 0.305 e. The SMILES string of the molecule is CCCCC/C=C\CCCCCCCC(=O)OCCCCCCCCCCC/C=C\C/C=C\CCCCCCCCCC(=O)NC(CO)C(O)/C=C/CCCCCCCCCCCCCCCCCCCCCCC. The van der Waals surface area contributed by atoms with Gasteiger partial charge in [-0.25, -0.2) is 0 Å². The molecule has 2 unspecified atom stereocenters. The van der Waals surface area contributed by atoms with Crippen LogP contribution in [0.3, 0.4) is 0 Å². The molecule has 0 aliphatic heterocycles. The van der Waals surface area contributed by atoms with Crippen molar-refractivity contribution in [3.05, 3.63) is 48.6 Å². The van der Waals surface area contributed by atoms with Gasteiger partial charge in [0, 0.05) is 12.8 Å². The minimum absolute atomic E-state index is 0.00361. The maximum atomic E-state index is 12.5. The highest BCUT2D eigenvalue weighted by Gasteiger charge is 2.18. The van der Waals surface area contributed by atoms with Gasteiger partial charge in [-0.05, 0) is 89.9 Å². The normalized spacial score (nSPS) is 12.9. The summed E-state index contributed by atoms with van der Waals surface area (Å²) in [5.74, 6) is -0.0794. The van der Waals surface area contributed by atoms with E-state index < -0.39 is 12.1 Å². The number of ether oxygens (including phenoxy) is 1. The number of hydrogen-bond acceptors (Lipinski definition) is 5. The molecular formula is C69H129NO5. The fraction of sp³-hybridized carbons (Fsp3) is 0.855. The average molecular weight is 1050 g/mol. The molecule has 440 valence electrons. The van der Waals surface area contributed by atoms with Gasteiger partial charge in [-0.15, -0.1) is 0 Å². The zero-order chi connectivity index (χ0) is 54.3. The number of esters is 1. The van der Waals surface area contributed by atoms with E-state index >= 15 is 0 Å². The van der Waals surface area contributed by atoms with Gasteiger partial charge in [0.05, 0.1) is 25.4 Å². The Kier molecular flexibility index (Phi) is 62.5. The minimum atomic E-state index is -0.853. The predicted octanol–water partition coefficient (Wildman–Crippen LogP) is 21.3. The van der Waals surface area contributed by atoms with Gasteiger partial charge < -0.3 is 20.3 Å². The zero-order valence-corrected chi connectivity index (χ0v) is 50.3. The van der Waals surface area contributed by atoms with E-state index in [9.17, 15) is 19.8 Å². The number of aliphatic hydroxyl groups excluding tert-OH is 2. The first-order chi connectivity index (χ1) is 37.0. The van der Waals surface area contributed by atoms with E-state index in [-0.39, 0.29) is 18.5 Å². The summed E-state index contributed by atoms with van der Waals surface area (Å²) in [6.45, 7) is 4.89. The molecule has 0 aromatic rings. The Morgan fingerprint density at radius 1 is 0.373 bits per heavy atom. The van der Waals surface area contributed by atoms with Gasteiger partial charge in [0.25, 0.3) is 0 Å². The van der Waals surface area contributed by atoms with Crippen molar-refractivity contribution in [2.24, 2.45) is 0 Å². The Morgan fingerprint density at radius 3 is 1.05 bits per heavy atom. The molecule has 0 radical (unpaired) electrons. The molecule has 2 atom stereocenters. The van der Waals surface area contributed by atoms with Crippen LogP contribution in [0.2, 0.25) is 0 Å². The number of carbonyl (C=O) groups excluding carboxylic acids is 2. The van der Waals surface area contributed by atoms with Crippen molar-refractivity contribution >= 4 is 11.9 Å². The second kappa shape index (κ2) is 64.3. The molecule has 1 amide bonds. The van der Waals surface area contributed by atoms with Crippen LogP contribution in [0, 0.1) is 0 Å². The molecule has 3 N–H and O–H groups in total. The van der Waals surface area contributed by atoms with Crippen molar-refractivity contribution in [2.45, 2.75) is 366 Å². The molecule has 0 aromatic carbocycles. The van der Waals surface area contributed by atoms with Crippen molar-refractivity contribution < 1.29 is 24.5 Å². The van der Waals surface area contributed by atoms with E-state index in [4.69, 9.17) is 4.74 Å². The Morgan fingerprint density at radius 2 is 0.667 bits per heavy atom. The quantitative estimate of drug-likeness (QED) is 0.0320. The summed E-state index contributed by atoms with van der Waals surface area (Å²) in [4.78, 5) is 24.5. The van der Waals surface area contributed by atoms with Crippen LogP contribution in [-0.2, 0) is 14.3 Å². The van der Waals surface area contributed by atoms with Crippen LogP contribution in [0.25, 0.3) is 0 Å². The Bertz CT molecular complexity index is 1260. The van der Waals surface area contributed by atoms with Gasteiger partial charge in [-0.2, -0.15) is 0 Å². The van der Waals surface area contributed by atoms with Crippen molar-refractivity contribution in [1.82, 2.24) is 5.32 Å². The van der Waals surface area contributed by atoms with Crippen LogP contribution in [0.15, 0.2) is 48.6 Å². The van der Waals surface area contributed by atoms with Crippen molar-refractivity contribution in [2.75, 3.05) is 13.2 Å². The molecule has 0 bridgehead atoms. The second-order valence-electron chi connectivity index (χ2n) is 22.8. The van der Waals surface area contributed by atoms with E-state index in [2.05, 4.69) is 55.6 Å². The number of nitrogens with one attached hydrogen (secondary N) is 1. The highest BCUT2D eigenvalue weighted by Crippen LogP contribution is 2.17. The first kappa shape index (κ1) is 72.8. The van der Waals surface area contributed by atoms with Crippen LogP contribution in [0.4, 0.5) is 0 Å². The lowest BCUT2D eigenvalue weighted by atomic mass is 10.0. The van der Waals surface area contributed by atoms with E-state index in [1.54, 1.807) is 6.08 Å². The summed E-state index contributed by atoms with van der Waals surface area (Å²) in [6.07, 6.45) is 83.1. The Hall–Kier alpha value is -2.18. The lowest BCUT2D eigenvalue weighted by Crippen LogP contribution is -2.45. The maximum absolute atomic E-state index is 12.5. The van der Waals surface area contributed by atoms with E-state index in [0.717, 1.165) is 64.2 Å². The number of rotatable bonds is 62. The third-order valence-electron chi connectivity index (χ3n) is 15.3. The summed E-state index contributed by atoms with van der Waals surface area (Å²) >= 11 is 0. The number of allylic oxidation sites excluding steroid dienone is 7. The fourth-order valence-corrected chi connectivity index (χ4v) is 10.2. The van der Waals surface area contributed by atoms with Gasteiger partial charge in [-0.1, -0.05) is 300 Å². The lowest BCUT2D eigenvalue weighted by Gasteiger charge is -2.20. The van der Waals surface area contributed by atoms with E-state index in [0.29, 0.717) is 19.4 Å². The van der Waals surface area contributed by atoms with Crippen molar-refractivity contribution in [3.63, 3.8) is 0 Å². The summed E-state index contributed by atoms with van der Waals surface area (Å²) in [5.41, 5.74) is 0. The number of aliphatic hydroxyl groups is 2. The molecule has 0 fully saturated rings. The van der Waals surface area contributed by atoms with Crippen LogP contribution in [-0.4, -0.2) is 47.4 Å². The highest BCUT2D eigenvalue weighted by atomic mass is 16.5. The molecule has 0 heterocycles. The zero-order valence-electron chi connectivity index (χ0n) is 50.3. The van der Waals surface area contributed by atoms with E-state index in [1.165, 1.54) is 263 Å². The number of carbonyl (C=O) groups is 2. The number of unbranched alkanes of at least 4 members (excludes halogenated alkanes) is 45. The summed E-state index contributed by atoms with van der Waals surface area (Å²) < 4.78 is 5.46. The fourth-order valence-electron chi connectivity index (χ4n) is 10.2. The van der Waals surface area contributed by atoms with Crippen molar-refractivity contribution in [1.29, 1.82) is 0 Å². The first-order valence-corrected chi connectivity index (χ1v) is 33.4. The highest BCUT2D eigenvalue weighted by molar-refractivity contribution is 5.76. The molecular weight excluding hydrogens is 923 g/mol. The molecule has 0 rings (SSSR count). The van der Waals surface area contributed by atoms with Gasteiger partial charge >= 0.3 is 5.97 Å². The monoisotopic (exact) mass is 1050 g/mol. The lowest BCUT2D eigenvalue weighted by molar-refractivity contribution is -0.143. The van der Waals surface area contributed by atoms with Gasteiger partial charge in [0.15, 0.2) is 0 Å². The maximum Gasteiger partial charge on any atom is 0.305 e. The molecule has 6 nitrogen and oxygen atoms in total. The second-order valence-corrected chi connectivity index (χ2v) is 22.8. The molecule has 0 saturated heterocycles. The van der Waals surface area contributed by atoms with Gasteiger partial charge in [0.1, 0.15) is 0 Å². The largest absolute Gasteiger partial charge is 0.466 e. The summed E-state index contributed by atoms with van der Waals surface area (Å²) in [7, 11) is 0. The topological polar surface area (TPSA) is 95.9 Å². The number of hydrogen-bond donors (Lipinski definition) is 3. The third kappa shape index (κ3) is 60.9. The minimum Gasteiger partial charge on any atom is -0.466 e. The summed E-state index contributed by atoms with van der Waals surface area (Å²) in [6, 6.07) is -0.638. The van der Waals surface area contributed by atoms with Crippen LogP contribution in [0.1, 0.15) is 354 Å². The Labute approximate surface area is 467 Å². The molecule has 75 heavy (non-hydrogen) atoms. The molecule has 0 saturated carbocycles. The molecule has 0 spiro atoms. The van der Waals surface area contributed by atoms with E-state index in [1.807, 2.05) is 6.08 Å². The van der Waals surface area contributed by atoms with Gasteiger partial charge in [-0.3, -0.25) is 9.59 Å². The average Bonchev–Trinajstić information content (AvgIpc) is 3.41. The first-order valence-electron chi connectivity index (χ1n) is 33.4. The number of amides is 1. The molecule has 0 aliphatic carbocycles.